The minimum absolute atomic E-state index is 0.0552. The number of nitrogens with zero attached hydrogens (tertiary/aromatic N) is 5. The summed E-state index contributed by atoms with van der Waals surface area (Å²) in [6.07, 6.45) is 0.995. The molecule has 0 saturated heterocycles. The minimum Gasteiger partial charge on any atom is -0.368 e. The van der Waals surface area contributed by atoms with Crippen LogP contribution in [-0.4, -0.2) is 39.2 Å². The van der Waals surface area contributed by atoms with Crippen molar-refractivity contribution < 1.29 is 8.42 Å². The van der Waals surface area contributed by atoms with E-state index in [1.165, 1.54) is 4.52 Å². The molecule has 3 rings (SSSR count). The van der Waals surface area contributed by atoms with Gasteiger partial charge < -0.3 is 5.73 Å². The first-order valence-electron chi connectivity index (χ1n) is 6.12. The van der Waals surface area contributed by atoms with Crippen molar-refractivity contribution in [1.82, 2.24) is 24.6 Å². The molecule has 0 radical (unpaired) electrons. The Morgan fingerprint density at radius 1 is 1.23 bits per heavy atom. The molecule has 0 fully saturated rings. The lowest BCUT2D eigenvalue weighted by atomic mass is 10.1. The van der Waals surface area contributed by atoms with Gasteiger partial charge in [0.05, 0.1) is 0 Å². The van der Waals surface area contributed by atoms with E-state index in [0.717, 1.165) is 11.8 Å². The standard InChI is InChI=1S/C12H11ClN6O2S/c1-6-3-4-7(5-8(6)13)9-15-11-17-12(22(2,20)21)16-10(14)19(11)18-9/h3-5H,1-2H3,(H2,14,15,16,17,18). The second kappa shape index (κ2) is 4.89. The van der Waals surface area contributed by atoms with Gasteiger partial charge in [-0.3, -0.25) is 0 Å². The molecule has 1 aromatic carbocycles. The van der Waals surface area contributed by atoms with Gasteiger partial charge in [-0.25, -0.2) is 8.42 Å². The highest BCUT2D eigenvalue weighted by atomic mass is 35.5. The summed E-state index contributed by atoms with van der Waals surface area (Å²) >= 11 is 6.08. The zero-order valence-corrected chi connectivity index (χ0v) is 13.2. The molecule has 0 spiro atoms. The van der Waals surface area contributed by atoms with Crippen molar-refractivity contribution in [2.24, 2.45) is 0 Å². The van der Waals surface area contributed by atoms with Gasteiger partial charge in [0.15, 0.2) is 5.82 Å². The van der Waals surface area contributed by atoms with Crippen molar-refractivity contribution >= 4 is 33.2 Å². The van der Waals surface area contributed by atoms with Crippen LogP contribution in [0.5, 0.6) is 0 Å². The lowest BCUT2D eigenvalue weighted by Gasteiger charge is -1.99. The Kier molecular flexibility index (Phi) is 3.26. The molecule has 0 aliphatic rings. The Labute approximate surface area is 130 Å². The monoisotopic (exact) mass is 338 g/mol. The lowest BCUT2D eigenvalue weighted by molar-refractivity contribution is 0.592. The van der Waals surface area contributed by atoms with E-state index in [4.69, 9.17) is 17.3 Å². The van der Waals surface area contributed by atoms with Crippen molar-refractivity contribution in [2.75, 3.05) is 12.0 Å². The molecule has 2 heterocycles. The molecule has 0 unspecified atom stereocenters. The number of hydrogen-bond acceptors (Lipinski definition) is 7. The molecular formula is C12H11ClN6O2S. The second-order valence-electron chi connectivity index (χ2n) is 4.75. The first-order chi connectivity index (χ1) is 10.3. The average Bonchev–Trinajstić information content (AvgIpc) is 2.85. The van der Waals surface area contributed by atoms with E-state index in [0.29, 0.717) is 16.4 Å². The number of nitrogen functional groups attached to an aromatic ring is 1. The molecule has 0 atom stereocenters. The van der Waals surface area contributed by atoms with E-state index >= 15 is 0 Å². The SMILES string of the molecule is Cc1ccc(-c2nc3nc(S(C)(=O)=O)nc(N)n3n2)cc1Cl. The van der Waals surface area contributed by atoms with Crippen LogP contribution in [0.3, 0.4) is 0 Å². The fourth-order valence-corrected chi connectivity index (χ4v) is 2.49. The van der Waals surface area contributed by atoms with Crippen LogP contribution in [0.2, 0.25) is 5.02 Å². The molecule has 0 amide bonds. The smallest absolute Gasteiger partial charge is 0.258 e. The van der Waals surface area contributed by atoms with Crippen LogP contribution in [0.4, 0.5) is 5.95 Å². The minimum atomic E-state index is -3.59. The van der Waals surface area contributed by atoms with Gasteiger partial charge in [-0.1, -0.05) is 23.7 Å². The van der Waals surface area contributed by atoms with Crippen LogP contribution < -0.4 is 5.73 Å². The molecule has 0 aliphatic carbocycles. The summed E-state index contributed by atoms with van der Waals surface area (Å²) in [5, 5.41) is 4.36. The zero-order valence-electron chi connectivity index (χ0n) is 11.6. The van der Waals surface area contributed by atoms with E-state index in [9.17, 15) is 8.42 Å². The Morgan fingerprint density at radius 3 is 2.59 bits per heavy atom. The summed E-state index contributed by atoms with van der Waals surface area (Å²) in [7, 11) is -3.59. The number of sulfone groups is 1. The van der Waals surface area contributed by atoms with E-state index < -0.39 is 15.0 Å². The maximum absolute atomic E-state index is 11.5. The van der Waals surface area contributed by atoms with Crippen LogP contribution in [0.25, 0.3) is 17.2 Å². The van der Waals surface area contributed by atoms with Crippen LogP contribution in [0.15, 0.2) is 23.4 Å². The second-order valence-corrected chi connectivity index (χ2v) is 7.06. The van der Waals surface area contributed by atoms with E-state index in [1.54, 1.807) is 12.1 Å². The molecule has 0 saturated carbocycles. The highest BCUT2D eigenvalue weighted by Gasteiger charge is 2.17. The Bertz CT molecular complexity index is 998. The van der Waals surface area contributed by atoms with Gasteiger partial charge in [-0.05, 0) is 18.6 Å². The van der Waals surface area contributed by atoms with Gasteiger partial charge in [0, 0.05) is 16.8 Å². The summed E-state index contributed by atoms with van der Waals surface area (Å²) in [5.41, 5.74) is 7.31. The number of nitrogens with two attached hydrogens (primary N) is 1. The maximum Gasteiger partial charge on any atom is 0.258 e. The highest BCUT2D eigenvalue weighted by molar-refractivity contribution is 7.90. The van der Waals surface area contributed by atoms with Gasteiger partial charge in [0.1, 0.15) is 0 Å². The van der Waals surface area contributed by atoms with Crippen LogP contribution in [-0.2, 0) is 9.84 Å². The Balaban J connectivity index is 2.21. The van der Waals surface area contributed by atoms with Crippen LogP contribution in [0.1, 0.15) is 5.56 Å². The number of fused-ring (bicyclic) bond motifs is 1. The predicted octanol–water partition coefficient (Wildman–Crippen LogP) is 1.13. The number of anilines is 1. The largest absolute Gasteiger partial charge is 0.368 e. The number of hydrogen-bond donors (Lipinski definition) is 1. The van der Waals surface area contributed by atoms with Gasteiger partial charge >= 0.3 is 0 Å². The molecule has 0 aliphatic heterocycles. The van der Waals surface area contributed by atoms with Crippen molar-refractivity contribution in [3.63, 3.8) is 0 Å². The van der Waals surface area contributed by atoms with Crippen molar-refractivity contribution in [1.29, 1.82) is 0 Å². The zero-order chi connectivity index (χ0) is 16.1. The third-order valence-corrected chi connectivity index (χ3v) is 4.23. The van der Waals surface area contributed by atoms with E-state index in [2.05, 4.69) is 20.1 Å². The summed E-state index contributed by atoms with van der Waals surface area (Å²) in [4.78, 5) is 11.8. The van der Waals surface area contributed by atoms with Crippen LogP contribution in [0, 0.1) is 6.92 Å². The van der Waals surface area contributed by atoms with Gasteiger partial charge in [0.25, 0.3) is 10.9 Å². The number of aromatic nitrogens is 5. The van der Waals surface area contributed by atoms with E-state index in [1.807, 2.05) is 13.0 Å². The summed E-state index contributed by atoms with van der Waals surface area (Å²) in [6.45, 7) is 1.88. The Hall–Kier alpha value is -2.26. The Morgan fingerprint density at radius 2 is 1.95 bits per heavy atom. The summed E-state index contributed by atoms with van der Waals surface area (Å²) in [5.74, 6) is 0.274. The molecular weight excluding hydrogens is 328 g/mol. The molecule has 8 nitrogen and oxygen atoms in total. The third-order valence-electron chi connectivity index (χ3n) is 2.97. The number of halogens is 1. The lowest BCUT2D eigenvalue weighted by Crippen LogP contribution is -2.11. The van der Waals surface area contributed by atoms with Crippen molar-refractivity contribution in [3.05, 3.63) is 28.8 Å². The first kappa shape index (κ1) is 14.7. The molecule has 114 valence electrons. The topological polar surface area (TPSA) is 116 Å². The molecule has 2 N–H and O–H groups in total. The highest BCUT2D eigenvalue weighted by Crippen LogP contribution is 2.23. The number of aryl methyl sites for hydroxylation is 1. The number of benzene rings is 1. The van der Waals surface area contributed by atoms with Crippen LogP contribution >= 0.6 is 11.6 Å². The summed E-state index contributed by atoms with van der Waals surface area (Å²) < 4.78 is 24.2. The third kappa shape index (κ3) is 2.48. The molecule has 22 heavy (non-hydrogen) atoms. The summed E-state index contributed by atoms with van der Waals surface area (Å²) in [6, 6.07) is 5.35. The fourth-order valence-electron chi connectivity index (χ4n) is 1.81. The quantitative estimate of drug-likeness (QED) is 0.744. The average molecular weight is 339 g/mol. The van der Waals surface area contributed by atoms with Crippen molar-refractivity contribution in [3.8, 4) is 11.4 Å². The molecule has 3 aromatic rings. The van der Waals surface area contributed by atoms with Gasteiger partial charge in [-0.2, -0.15) is 19.5 Å². The normalized spacial score (nSPS) is 12.0. The number of rotatable bonds is 2. The fraction of sp³-hybridized carbons (Fsp3) is 0.167. The van der Waals surface area contributed by atoms with Gasteiger partial charge in [-0.15, -0.1) is 5.10 Å². The van der Waals surface area contributed by atoms with Crippen molar-refractivity contribution in [2.45, 2.75) is 12.1 Å². The maximum atomic E-state index is 11.5. The molecule has 10 heteroatoms. The predicted molar refractivity (Wildman–Crippen MR) is 81.3 cm³/mol. The van der Waals surface area contributed by atoms with Gasteiger partial charge in [0.2, 0.25) is 15.8 Å². The molecule has 2 aromatic heterocycles. The first-order valence-corrected chi connectivity index (χ1v) is 8.39. The van der Waals surface area contributed by atoms with E-state index in [-0.39, 0.29) is 11.7 Å². The molecule has 0 bridgehead atoms.